The zero-order valence-electron chi connectivity index (χ0n) is 9.49. The summed E-state index contributed by atoms with van der Waals surface area (Å²) in [4.78, 5) is 11.5. The van der Waals surface area contributed by atoms with E-state index in [0.717, 1.165) is 0 Å². The number of hydrogen-bond acceptors (Lipinski definition) is 6. The van der Waals surface area contributed by atoms with Crippen LogP contribution in [0.1, 0.15) is 21.7 Å². The van der Waals surface area contributed by atoms with Crippen molar-refractivity contribution >= 4 is 12.1 Å². The first-order valence-electron chi connectivity index (χ1n) is 5.08. The Labute approximate surface area is 102 Å². The fourth-order valence-corrected chi connectivity index (χ4v) is 1.26. The summed E-state index contributed by atoms with van der Waals surface area (Å²) in [7, 11) is 0. The number of amides is 1. The van der Waals surface area contributed by atoms with Gasteiger partial charge in [0, 0.05) is 0 Å². The van der Waals surface area contributed by atoms with Gasteiger partial charge in [-0.25, -0.2) is 10.1 Å². The minimum absolute atomic E-state index is 0.0862. The molecule has 0 saturated carbocycles. The van der Waals surface area contributed by atoms with Crippen molar-refractivity contribution in [3.05, 3.63) is 41.2 Å². The molecule has 0 aliphatic carbocycles. The molecule has 1 heterocycles. The SMILES string of the molecule is Cc1nonc1C(=O)N/N=C/c1cccc(O)c1. The van der Waals surface area contributed by atoms with Crippen LogP contribution >= 0.6 is 0 Å². The molecule has 0 unspecified atom stereocenters. The van der Waals surface area contributed by atoms with Gasteiger partial charge >= 0.3 is 0 Å². The first-order chi connectivity index (χ1) is 8.66. The van der Waals surface area contributed by atoms with Crippen LogP contribution in [0.2, 0.25) is 0 Å². The Morgan fingerprint density at radius 3 is 3.00 bits per heavy atom. The molecular weight excluding hydrogens is 236 g/mol. The molecule has 0 spiro atoms. The minimum atomic E-state index is -0.509. The lowest BCUT2D eigenvalue weighted by Crippen LogP contribution is -2.19. The fourth-order valence-electron chi connectivity index (χ4n) is 1.26. The van der Waals surface area contributed by atoms with Gasteiger partial charge in [-0.1, -0.05) is 17.3 Å². The molecule has 0 bridgehead atoms. The van der Waals surface area contributed by atoms with Crippen LogP contribution < -0.4 is 5.43 Å². The van der Waals surface area contributed by atoms with Gasteiger partial charge in [0.2, 0.25) is 0 Å². The molecule has 1 amide bonds. The highest BCUT2D eigenvalue weighted by molar-refractivity contribution is 5.93. The molecule has 2 rings (SSSR count). The van der Waals surface area contributed by atoms with E-state index in [1.807, 2.05) is 0 Å². The summed E-state index contributed by atoms with van der Waals surface area (Å²) in [5.41, 5.74) is 3.41. The Morgan fingerprint density at radius 1 is 1.50 bits per heavy atom. The van der Waals surface area contributed by atoms with Crippen LogP contribution in [0.15, 0.2) is 34.0 Å². The van der Waals surface area contributed by atoms with Crippen LogP contribution in [-0.2, 0) is 0 Å². The summed E-state index contributed by atoms with van der Waals surface area (Å²) in [6, 6.07) is 6.46. The van der Waals surface area contributed by atoms with Gasteiger partial charge in [0.1, 0.15) is 11.4 Å². The van der Waals surface area contributed by atoms with E-state index in [2.05, 4.69) is 25.5 Å². The Hall–Kier alpha value is -2.70. The summed E-state index contributed by atoms with van der Waals surface area (Å²) in [5.74, 6) is -0.382. The molecule has 7 heteroatoms. The number of nitrogens with one attached hydrogen (secondary N) is 1. The molecule has 18 heavy (non-hydrogen) atoms. The van der Waals surface area contributed by atoms with E-state index < -0.39 is 5.91 Å². The summed E-state index contributed by atoms with van der Waals surface area (Å²) >= 11 is 0. The van der Waals surface area contributed by atoms with Crippen LogP contribution in [0.5, 0.6) is 5.75 Å². The molecule has 1 aromatic carbocycles. The number of phenols is 1. The van der Waals surface area contributed by atoms with Crippen LogP contribution in [0.4, 0.5) is 0 Å². The van der Waals surface area contributed by atoms with Gasteiger partial charge in [-0.2, -0.15) is 5.10 Å². The molecule has 0 fully saturated rings. The maximum absolute atomic E-state index is 11.5. The van der Waals surface area contributed by atoms with Gasteiger partial charge in [-0.15, -0.1) is 0 Å². The number of hydrazone groups is 1. The lowest BCUT2D eigenvalue weighted by atomic mass is 10.2. The molecule has 0 saturated heterocycles. The summed E-state index contributed by atoms with van der Waals surface area (Å²) in [6.45, 7) is 1.60. The molecule has 2 N–H and O–H groups in total. The van der Waals surface area contributed by atoms with E-state index in [9.17, 15) is 9.90 Å². The topological polar surface area (TPSA) is 101 Å². The van der Waals surface area contributed by atoms with Crippen molar-refractivity contribution in [3.8, 4) is 5.75 Å². The monoisotopic (exact) mass is 246 g/mol. The Kier molecular flexibility index (Phi) is 3.33. The van der Waals surface area contributed by atoms with Crippen molar-refractivity contribution < 1.29 is 14.5 Å². The predicted molar refractivity (Wildman–Crippen MR) is 62.2 cm³/mol. The van der Waals surface area contributed by atoms with Crippen LogP contribution in [0.25, 0.3) is 0 Å². The minimum Gasteiger partial charge on any atom is -0.508 e. The Balaban J connectivity index is 2.00. The first-order valence-corrected chi connectivity index (χ1v) is 5.08. The van der Waals surface area contributed by atoms with E-state index in [-0.39, 0.29) is 11.4 Å². The zero-order valence-corrected chi connectivity index (χ0v) is 9.49. The number of hydrogen-bond donors (Lipinski definition) is 2. The summed E-state index contributed by atoms with van der Waals surface area (Å²) in [6.07, 6.45) is 1.40. The number of benzene rings is 1. The smallest absolute Gasteiger partial charge is 0.295 e. The summed E-state index contributed by atoms with van der Waals surface area (Å²) in [5, 5.41) is 19.9. The standard InChI is InChI=1S/C11H10N4O3/c1-7-10(15-18-14-7)11(17)13-12-6-8-3-2-4-9(16)5-8/h2-6,16H,1H3,(H,13,17)/b12-6+. The average Bonchev–Trinajstić information content (AvgIpc) is 2.75. The first kappa shape index (κ1) is 11.8. The maximum atomic E-state index is 11.5. The van der Waals surface area contributed by atoms with Crippen molar-refractivity contribution in [1.29, 1.82) is 0 Å². The van der Waals surface area contributed by atoms with Crippen LogP contribution in [0, 0.1) is 6.92 Å². The highest BCUT2D eigenvalue weighted by Crippen LogP contribution is 2.08. The van der Waals surface area contributed by atoms with Gasteiger partial charge in [-0.3, -0.25) is 4.79 Å². The molecule has 2 aromatic rings. The van der Waals surface area contributed by atoms with Gasteiger partial charge < -0.3 is 5.11 Å². The number of aryl methyl sites for hydroxylation is 1. The lowest BCUT2D eigenvalue weighted by molar-refractivity contribution is 0.0945. The van der Waals surface area contributed by atoms with E-state index >= 15 is 0 Å². The molecule has 7 nitrogen and oxygen atoms in total. The van der Waals surface area contributed by atoms with Crippen molar-refractivity contribution in [3.63, 3.8) is 0 Å². The molecule has 0 atom stereocenters. The van der Waals surface area contributed by atoms with E-state index in [0.29, 0.717) is 11.3 Å². The third kappa shape index (κ3) is 2.70. The van der Waals surface area contributed by atoms with Crippen molar-refractivity contribution in [2.45, 2.75) is 6.92 Å². The van der Waals surface area contributed by atoms with Crippen molar-refractivity contribution in [2.24, 2.45) is 5.10 Å². The van der Waals surface area contributed by atoms with E-state index in [1.54, 1.807) is 25.1 Å². The number of aromatic nitrogens is 2. The molecule has 1 aromatic heterocycles. The number of nitrogens with zero attached hydrogens (tertiary/aromatic N) is 3. The van der Waals surface area contributed by atoms with E-state index in [4.69, 9.17) is 0 Å². The maximum Gasteiger partial charge on any atom is 0.295 e. The van der Waals surface area contributed by atoms with Gasteiger partial charge in [0.15, 0.2) is 5.69 Å². The number of rotatable bonds is 3. The predicted octanol–water partition coefficient (Wildman–Crippen LogP) is 0.848. The lowest BCUT2D eigenvalue weighted by Gasteiger charge is -1.96. The second-order valence-electron chi connectivity index (χ2n) is 3.49. The molecule has 92 valence electrons. The van der Waals surface area contributed by atoms with Gasteiger partial charge in [0.05, 0.1) is 6.21 Å². The molecular formula is C11H10N4O3. The Bertz CT molecular complexity index is 591. The van der Waals surface area contributed by atoms with E-state index in [1.165, 1.54) is 12.3 Å². The normalized spacial score (nSPS) is 10.7. The molecule has 0 aliphatic heterocycles. The van der Waals surface area contributed by atoms with Crippen LogP contribution in [0.3, 0.4) is 0 Å². The number of carbonyl (C=O) groups excluding carboxylic acids is 1. The zero-order chi connectivity index (χ0) is 13.0. The highest BCUT2D eigenvalue weighted by Gasteiger charge is 2.13. The van der Waals surface area contributed by atoms with Crippen LogP contribution in [-0.4, -0.2) is 27.5 Å². The third-order valence-corrected chi connectivity index (χ3v) is 2.12. The second-order valence-corrected chi connectivity index (χ2v) is 3.49. The van der Waals surface area contributed by atoms with Crippen molar-refractivity contribution in [1.82, 2.24) is 15.7 Å². The summed E-state index contributed by atoms with van der Waals surface area (Å²) < 4.78 is 4.40. The number of phenolic OH excluding ortho intramolecular Hbond substituents is 1. The fraction of sp³-hybridized carbons (Fsp3) is 0.0909. The van der Waals surface area contributed by atoms with Gasteiger partial charge in [0.25, 0.3) is 5.91 Å². The third-order valence-electron chi connectivity index (χ3n) is 2.12. The van der Waals surface area contributed by atoms with Gasteiger partial charge in [-0.05, 0) is 29.8 Å². The number of carbonyl (C=O) groups is 1. The molecule has 0 aliphatic rings. The average molecular weight is 246 g/mol. The number of aromatic hydroxyl groups is 1. The second kappa shape index (κ2) is 5.09. The quantitative estimate of drug-likeness (QED) is 0.617. The highest BCUT2D eigenvalue weighted by atomic mass is 16.6. The largest absolute Gasteiger partial charge is 0.508 e. The Morgan fingerprint density at radius 2 is 2.33 bits per heavy atom. The van der Waals surface area contributed by atoms with Crippen molar-refractivity contribution in [2.75, 3.05) is 0 Å². The molecule has 0 radical (unpaired) electrons.